The molecule has 82 valence electrons. The number of hydrogen-bond donors (Lipinski definition) is 1. The molecule has 2 N–H and O–H groups in total. The van der Waals surface area contributed by atoms with Crippen molar-refractivity contribution in [3.63, 3.8) is 0 Å². The fourth-order valence-electron chi connectivity index (χ4n) is 2.28. The van der Waals surface area contributed by atoms with Crippen molar-refractivity contribution >= 4 is 5.69 Å². The molecule has 0 aromatic heterocycles. The van der Waals surface area contributed by atoms with E-state index in [1.54, 1.807) is 0 Å². The Kier molecular flexibility index (Phi) is 2.37. The maximum Gasteiger partial charge on any atom is 0.126 e. The molecular weight excluding hydrogens is 186 g/mol. The summed E-state index contributed by atoms with van der Waals surface area (Å²) in [6, 6.07) is 0. The Morgan fingerprint density at radius 2 is 1.80 bits per heavy atom. The zero-order chi connectivity index (χ0) is 11.2. The van der Waals surface area contributed by atoms with Gasteiger partial charge in [-0.05, 0) is 62.8 Å². The number of anilines is 1. The molecule has 0 amide bonds. The Labute approximate surface area is 91.4 Å². The summed E-state index contributed by atoms with van der Waals surface area (Å²) in [6.45, 7) is 8.39. The first-order chi connectivity index (χ1) is 7.02. The second-order valence-electron chi connectivity index (χ2n) is 4.56. The number of fused-ring (bicyclic) bond motifs is 1. The SMILES string of the molecule is Cc1c(C)c2c(c(C)c1N)CCC(C)O2. The standard InChI is InChI=1S/C13H19NO/c1-7-5-6-11-10(4)12(14)8(2)9(3)13(11)15-7/h7H,5-6,14H2,1-4H3. The van der Waals surface area contributed by atoms with Crippen LogP contribution in [0.1, 0.15) is 35.6 Å². The molecular formula is C13H19NO. The summed E-state index contributed by atoms with van der Waals surface area (Å²) in [5, 5.41) is 0. The molecule has 2 heteroatoms. The van der Waals surface area contributed by atoms with Crippen molar-refractivity contribution in [2.75, 3.05) is 5.73 Å². The average Bonchev–Trinajstić information content (AvgIpc) is 2.23. The van der Waals surface area contributed by atoms with E-state index >= 15 is 0 Å². The van der Waals surface area contributed by atoms with Gasteiger partial charge in [0.2, 0.25) is 0 Å². The van der Waals surface area contributed by atoms with Crippen LogP contribution in [-0.2, 0) is 6.42 Å². The fraction of sp³-hybridized carbons (Fsp3) is 0.538. The molecule has 15 heavy (non-hydrogen) atoms. The first-order valence-electron chi connectivity index (χ1n) is 5.57. The van der Waals surface area contributed by atoms with Crippen LogP contribution in [0.4, 0.5) is 5.69 Å². The lowest BCUT2D eigenvalue weighted by molar-refractivity contribution is 0.190. The van der Waals surface area contributed by atoms with Gasteiger partial charge in [0.25, 0.3) is 0 Å². The van der Waals surface area contributed by atoms with Crippen molar-refractivity contribution < 1.29 is 4.74 Å². The lowest BCUT2D eigenvalue weighted by Gasteiger charge is -2.28. The number of benzene rings is 1. The van der Waals surface area contributed by atoms with Gasteiger partial charge in [-0.1, -0.05) is 0 Å². The molecule has 1 atom stereocenters. The van der Waals surface area contributed by atoms with Gasteiger partial charge in [-0.25, -0.2) is 0 Å². The van der Waals surface area contributed by atoms with E-state index in [0.717, 1.165) is 24.3 Å². The van der Waals surface area contributed by atoms with Crippen LogP contribution in [0.3, 0.4) is 0 Å². The number of rotatable bonds is 0. The number of hydrogen-bond acceptors (Lipinski definition) is 2. The van der Waals surface area contributed by atoms with E-state index < -0.39 is 0 Å². The maximum atomic E-state index is 6.09. The number of nitrogens with two attached hydrogens (primary N) is 1. The summed E-state index contributed by atoms with van der Waals surface area (Å²) < 4.78 is 5.92. The maximum absolute atomic E-state index is 6.09. The molecule has 0 aliphatic carbocycles. The van der Waals surface area contributed by atoms with Crippen LogP contribution >= 0.6 is 0 Å². The van der Waals surface area contributed by atoms with Crippen molar-refractivity contribution in [1.82, 2.24) is 0 Å². The summed E-state index contributed by atoms with van der Waals surface area (Å²) >= 11 is 0. The summed E-state index contributed by atoms with van der Waals surface area (Å²) in [5.74, 6) is 1.08. The Balaban J connectivity index is 2.65. The van der Waals surface area contributed by atoms with Gasteiger partial charge in [0.15, 0.2) is 0 Å². The van der Waals surface area contributed by atoms with Gasteiger partial charge < -0.3 is 10.5 Å². The van der Waals surface area contributed by atoms with Gasteiger partial charge >= 0.3 is 0 Å². The smallest absolute Gasteiger partial charge is 0.126 e. The fourth-order valence-corrected chi connectivity index (χ4v) is 2.28. The summed E-state index contributed by atoms with van der Waals surface area (Å²) in [4.78, 5) is 0. The lowest BCUT2D eigenvalue weighted by atomic mass is 9.91. The second kappa shape index (κ2) is 3.44. The van der Waals surface area contributed by atoms with Crippen molar-refractivity contribution in [3.05, 3.63) is 22.3 Å². The first-order valence-corrected chi connectivity index (χ1v) is 5.57. The molecule has 1 unspecified atom stereocenters. The molecule has 0 fully saturated rings. The van der Waals surface area contributed by atoms with Crippen molar-refractivity contribution in [2.24, 2.45) is 0 Å². The third-order valence-electron chi connectivity index (χ3n) is 3.56. The minimum absolute atomic E-state index is 0.332. The molecule has 1 aliphatic rings. The molecule has 1 heterocycles. The zero-order valence-electron chi connectivity index (χ0n) is 9.98. The molecule has 0 radical (unpaired) electrons. The van der Waals surface area contributed by atoms with Crippen molar-refractivity contribution in [2.45, 2.75) is 46.6 Å². The molecule has 1 aromatic rings. The Hall–Kier alpha value is -1.18. The van der Waals surface area contributed by atoms with Crippen LogP contribution in [0.5, 0.6) is 5.75 Å². The van der Waals surface area contributed by atoms with Crippen LogP contribution in [0, 0.1) is 20.8 Å². The van der Waals surface area contributed by atoms with Gasteiger partial charge in [0, 0.05) is 5.69 Å². The zero-order valence-corrected chi connectivity index (χ0v) is 9.98. The normalized spacial score (nSPS) is 19.6. The summed E-state index contributed by atoms with van der Waals surface area (Å²) in [6.07, 6.45) is 2.52. The molecule has 0 spiro atoms. The lowest BCUT2D eigenvalue weighted by Crippen LogP contribution is -2.21. The summed E-state index contributed by atoms with van der Waals surface area (Å²) in [7, 11) is 0. The second-order valence-corrected chi connectivity index (χ2v) is 4.56. The first kappa shape index (κ1) is 10.3. The van der Waals surface area contributed by atoms with Gasteiger partial charge in [-0.3, -0.25) is 0 Å². The van der Waals surface area contributed by atoms with Gasteiger partial charge in [0.1, 0.15) is 5.75 Å². The van der Waals surface area contributed by atoms with E-state index in [-0.39, 0.29) is 0 Å². The topological polar surface area (TPSA) is 35.2 Å². The molecule has 1 aromatic carbocycles. The largest absolute Gasteiger partial charge is 0.490 e. The van der Waals surface area contributed by atoms with Crippen molar-refractivity contribution in [3.8, 4) is 5.75 Å². The van der Waals surface area contributed by atoms with E-state index in [9.17, 15) is 0 Å². The average molecular weight is 205 g/mol. The van der Waals surface area contributed by atoms with Crippen LogP contribution in [0.25, 0.3) is 0 Å². The van der Waals surface area contributed by atoms with E-state index in [1.807, 2.05) is 0 Å². The molecule has 2 rings (SSSR count). The molecule has 0 bridgehead atoms. The molecule has 0 saturated carbocycles. The number of nitrogen functional groups attached to an aromatic ring is 1. The predicted octanol–water partition coefficient (Wildman–Crippen LogP) is 2.91. The van der Waals surface area contributed by atoms with E-state index in [4.69, 9.17) is 10.5 Å². The van der Waals surface area contributed by atoms with Crippen molar-refractivity contribution in [1.29, 1.82) is 0 Å². The van der Waals surface area contributed by atoms with Crippen LogP contribution < -0.4 is 10.5 Å². The third-order valence-corrected chi connectivity index (χ3v) is 3.56. The molecule has 2 nitrogen and oxygen atoms in total. The monoisotopic (exact) mass is 205 g/mol. The van der Waals surface area contributed by atoms with Gasteiger partial charge in [0.05, 0.1) is 6.10 Å². The Morgan fingerprint density at radius 1 is 1.13 bits per heavy atom. The van der Waals surface area contributed by atoms with Crippen LogP contribution in [-0.4, -0.2) is 6.10 Å². The van der Waals surface area contributed by atoms with E-state index in [0.29, 0.717) is 6.10 Å². The quantitative estimate of drug-likeness (QED) is 0.661. The Bertz CT molecular complexity index is 410. The van der Waals surface area contributed by atoms with Crippen LogP contribution in [0.2, 0.25) is 0 Å². The summed E-state index contributed by atoms with van der Waals surface area (Å²) in [5.41, 5.74) is 11.9. The Morgan fingerprint density at radius 3 is 2.47 bits per heavy atom. The van der Waals surface area contributed by atoms with E-state index in [2.05, 4.69) is 27.7 Å². The highest BCUT2D eigenvalue weighted by Crippen LogP contribution is 2.38. The highest BCUT2D eigenvalue weighted by atomic mass is 16.5. The van der Waals surface area contributed by atoms with E-state index in [1.165, 1.54) is 22.3 Å². The third kappa shape index (κ3) is 1.48. The van der Waals surface area contributed by atoms with Crippen LogP contribution in [0.15, 0.2) is 0 Å². The minimum Gasteiger partial charge on any atom is -0.490 e. The predicted molar refractivity (Wildman–Crippen MR) is 63.5 cm³/mol. The highest BCUT2D eigenvalue weighted by molar-refractivity contribution is 5.65. The molecule has 0 saturated heterocycles. The minimum atomic E-state index is 0.332. The molecule has 1 aliphatic heterocycles. The van der Waals surface area contributed by atoms with Gasteiger partial charge in [-0.15, -0.1) is 0 Å². The van der Waals surface area contributed by atoms with Gasteiger partial charge in [-0.2, -0.15) is 0 Å². The number of ether oxygens (including phenoxy) is 1. The highest BCUT2D eigenvalue weighted by Gasteiger charge is 2.22.